The van der Waals surface area contributed by atoms with Crippen LogP contribution >= 0.6 is 0 Å². The minimum absolute atomic E-state index is 0.0283. The van der Waals surface area contributed by atoms with Crippen molar-refractivity contribution in [1.82, 2.24) is 0 Å². The van der Waals surface area contributed by atoms with E-state index in [4.69, 9.17) is 0 Å². The van der Waals surface area contributed by atoms with Crippen LogP contribution in [0.5, 0.6) is 0 Å². The van der Waals surface area contributed by atoms with Gasteiger partial charge in [0.25, 0.3) is 10.1 Å². The molecule has 0 aliphatic heterocycles. The number of carboxylic acid groups (broad SMARTS) is 2. The largest absolute Gasteiger partial charge is 0.478 e. The molecule has 0 aliphatic rings. The molecule has 0 fully saturated rings. The first-order chi connectivity index (χ1) is 10.6. The molecular weight excluding hydrogens is 324 g/mol. The average molecular weight is 350 g/mol. The van der Waals surface area contributed by atoms with Crippen molar-refractivity contribution in [3.8, 4) is 0 Å². The Hall–Kier alpha value is -1.41. The first-order valence-corrected chi connectivity index (χ1v) is 9.26. The van der Waals surface area contributed by atoms with Crippen molar-refractivity contribution in [3.63, 3.8) is 0 Å². The lowest BCUT2D eigenvalue weighted by Gasteiger charge is -2.19. The third-order valence-electron chi connectivity index (χ3n) is 3.90. The SMILES string of the molecule is CCCCC(CC)C/C(C(=O)O)=C(/C(=O)O)C(CC)S(=O)(=O)O. The predicted molar refractivity (Wildman–Crippen MR) is 85.8 cm³/mol. The number of carboxylic acids is 2. The smallest absolute Gasteiger partial charge is 0.333 e. The van der Waals surface area contributed by atoms with E-state index in [1.807, 2.05) is 13.8 Å². The molecule has 8 heteroatoms. The maximum absolute atomic E-state index is 11.5. The van der Waals surface area contributed by atoms with Gasteiger partial charge in [-0.05, 0) is 18.8 Å². The van der Waals surface area contributed by atoms with E-state index >= 15 is 0 Å². The fourth-order valence-electron chi connectivity index (χ4n) is 2.57. The molecule has 0 saturated heterocycles. The predicted octanol–water partition coefficient (Wildman–Crippen LogP) is 2.73. The number of hydrogen-bond acceptors (Lipinski definition) is 4. The molecule has 0 aromatic carbocycles. The third kappa shape index (κ3) is 6.70. The summed E-state index contributed by atoms with van der Waals surface area (Å²) in [6.45, 7) is 5.25. The van der Waals surface area contributed by atoms with Gasteiger partial charge >= 0.3 is 11.9 Å². The molecule has 0 aromatic heterocycles. The Morgan fingerprint density at radius 1 is 1.00 bits per heavy atom. The summed E-state index contributed by atoms with van der Waals surface area (Å²) < 4.78 is 32.1. The summed E-state index contributed by atoms with van der Waals surface area (Å²) in [7, 11) is -4.70. The summed E-state index contributed by atoms with van der Waals surface area (Å²) in [6.07, 6.45) is 2.95. The average Bonchev–Trinajstić information content (AvgIpc) is 2.43. The molecule has 0 aliphatic carbocycles. The van der Waals surface area contributed by atoms with Crippen molar-refractivity contribution in [3.05, 3.63) is 11.1 Å². The summed E-state index contributed by atoms with van der Waals surface area (Å²) in [5, 5.41) is 17.0. The minimum atomic E-state index is -4.70. The number of rotatable bonds is 11. The van der Waals surface area contributed by atoms with Crippen molar-refractivity contribution in [2.45, 2.75) is 64.5 Å². The zero-order chi connectivity index (χ0) is 18.2. The Morgan fingerprint density at radius 2 is 1.57 bits per heavy atom. The summed E-state index contributed by atoms with van der Waals surface area (Å²) in [4.78, 5) is 23.0. The molecule has 0 rings (SSSR count). The van der Waals surface area contributed by atoms with E-state index in [0.717, 1.165) is 19.3 Å². The Labute approximate surface area is 137 Å². The van der Waals surface area contributed by atoms with Gasteiger partial charge in [-0.15, -0.1) is 0 Å². The van der Waals surface area contributed by atoms with E-state index in [0.29, 0.717) is 6.42 Å². The molecule has 0 heterocycles. The van der Waals surface area contributed by atoms with E-state index in [1.165, 1.54) is 6.92 Å². The van der Waals surface area contributed by atoms with Crippen LogP contribution in [0.3, 0.4) is 0 Å². The molecule has 2 unspecified atom stereocenters. The zero-order valence-electron chi connectivity index (χ0n) is 13.8. The van der Waals surface area contributed by atoms with Crippen LogP contribution in [0.1, 0.15) is 59.3 Å². The van der Waals surface area contributed by atoms with Crippen molar-refractivity contribution in [2.75, 3.05) is 0 Å². The summed E-state index contributed by atoms with van der Waals surface area (Å²) in [6, 6.07) is 0. The van der Waals surface area contributed by atoms with Crippen LogP contribution in [0.25, 0.3) is 0 Å². The Balaban J connectivity index is 5.98. The third-order valence-corrected chi connectivity index (χ3v) is 5.19. The molecule has 0 saturated carbocycles. The fraction of sp³-hybridized carbons (Fsp3) is 0.733. The quantitative estimate of drug-likeness (QED) is 0.386. The van der Waals surface area contributed by atoms with Gasteiger partial charge in [-0.2, -0.15) is 8.42 Å². The zero-order valence-corrected chi connectivity index (χ0v) is 14.6. The molecule has 0 spiro atoms. The van der Waals surface area contributed by atoms with Crippen LogP contribution in [0.4, 0.5) is 0 Å². The van der Waals surface area contributed by atoms with E-state index in [2.05, 4.69) is 0 Å². The molecule has 134 valence electrons. The van der Waals surface area contributed by atoms with Gasteiger partial charge in [0, 0.05) is 5.57 Å². The first-order valence-electron chi connectivity index (χ1n) is 7.75. The Morgan fingerprint density at radius 3 is 1.87 bits per heavy atom. The highest BCUT2D eigenvalue weighted by molar-refractivity contribution is 7.86. The molecule has 0 bridgehead atoms. The van der Waals surface area contributed by atoms with Gasteiger partial charge in [0.2, 0.25) is 0 Å². The standard InChI is InChI=1S/C15H26O7S/c1-4-7-8-10(5-2)9-11(14(16)17)13(15(18)19)12(6-3)23(20,21)22/h10,12H,4-9H2,1-3H3,(H,16,17)(H,18,19)(H,20,21,22)/b13-11-. The maximum Gasteiger partial charge on any atom is 0.333 e. The molecule has 23 heavy (non-hydrogen) atoms. The second kappa shape index (κ2) is 9.67. The van der Waals surface area contributed by atoms with E-state index < -0.39 is 38.5 Å². The van der Waals surface area contributed by atoms with Crippen LogP contribution in [-0.2, 0) is 19.7 Å². The highest BCUT2D eigenvalue weighted by Crippen LogP contribution is 2.27. The topological polar surface area (TPSA) is 129 Å². The highest BCUT2D eigenvalue weighted by atomic mass is 32.2. The van der Waals surface area contributed by atoms with Crippen molar-refractivity contribution in [1.29, 1.82) is 0 Å². The number of aliphatic carboxylic acids is 2. The van der Waals surface area contributed by atoms with Crippen LogP contribution in [-0.4, -0.2) is 40.4 Å². The van der Waals surface area contributed by atoms with Gasteiger partial charge < -0.3 is 10.2 Å². The highest BCUT2D eigenvalue weighted by Gasteiger charge is 2.35. The summed E-state index contributed by atoms with van der Waals surface area (Å²) >= 11 is 0. The molecule has 0 amide bonds. The molecule has 3 N–H and O–H groups in total. The van der Waals surface area contributed by atoms with Crippen molar-refractivity contribution in [2.24, 2.45) is 5.92 Å². The lowest BCUT2D eigenvalue weighted by atomic mass is 9.88. The van der Waals surface area contributed by atoms with Gasteiger partial charge in [-0.1, -0.05) is 46.5 Å². The number of hydrogen-bond donors (Lipinski definition) is 3. The van der Waals surface area contributed by atoms with Crippen molar-refractivity contribution < 1.29 is 32.8 Å². The Kier molecular flexibility index (Phi) is 9.07. The van der Waals surface area contributed by atoms with Gasteiger partial charge in [0.1, 0.15) is 5.25 Å². The van der Waals surface area contributed by atoms with E-state index in [9.17, 15) is 32.8 Å². The second-order valence-electron chi connectivity index (χ2n) is 5.54. The normalized spacial score (nSPS) is 15.7. The first kappa shape index (κ1) is 21.6. The van der Waals surface area contributed by atoms with E-state index in [-0.39, 0.29) is 18.8 Å². The van der Waals surface area contributed by atoms with Gasteiger partial charge in [0.05, 0.1) is 5.57 Å². The van der Waals surface area contributed by atoms with Gasteiger partial charge in [-0.25, -0.2) is 9.59 Å². The van der Waals surface area contributed by atoms with Gasteiger partial charge in [0.15, 0.2) is 0 Å². The molecule has 0 aromatic rings. The van der Waals surface area contributed by atoms with Crippen molar-refractivity contribution >= 4 is 22.1 Å². The fourth-order valence-corrected chi connectivity index (χ4v) is 3.53. The van der Waals surface area contributed by atoms with Gasteiger partial charge in [-0.3, -0.25) is 4.55 Å². The monoisotopic (exact) mass is 350 g/mol. The van der Waals surface area contributed by atoms with Crippen LogP contribution < -0.4 is 0 Å². The van der Waals surface area contributed by atoms with E-state index in [1.54, 1.807) is 0 Å². The molecule has 2 atom stereocenters. The second-order valence-corrected chi connectivity index (χ2v) is 7.13. The molecule has 7 nitrogen and oxygen atoms in total. The van der Waals surface area contributed by atoms with Crippen LogP contribution in [0, 0.1) is 5.92 Å². The molecular formula is C15H26O7S. The van der Waals surface area contributed by atoms with Crippen LogP contribution in [0.15, 0.2) is 11.1 Å². The minimum Gasteiger partial charge on any atom is -0.478 e. The maximum atomic E-state index is 11.5. The van der Waals surface area contributed by atoms with Crippen LogP contribution in [0.2, 0.25) is 0 Å². The summed E-state index contributed by atoms with van der Waals surface area (Å²) in [5.41, 5.74) is -1.18. The number of carbonyl (C=O) groups is 2. The number of unbranched alkanes of at least 4 members (excludes halogenated alkanes) is 1. The summed E-state index contributed by atoms with van der Waals surface area (Å²) in [5.74, 6) is -3.13. The Bertz CT molecular complexity index is 548. The lowest BCUT2D eigenvalue weighted by Crippen LogP contribution is -2.30. The molecule has 0 radical (unpaired) electrons. The lowest BCUT2D eigenvalue weighted by molar-refractivity contribution is -0.136.